The predicted molar refractivity (Wildman–Crippen MR) is 135 cm³/mol. The molecule has 7 nitrogen and oxygen atoms in total. The fourth-order valence-corrected chi connectivity index (χ4v) is 6.05. The highest BCUT2D eigenvalue weighted by molar-refractivity contribution is 5.88. The Bertz CT molecular complexity index is 1280. The lowest BCUT2D eigenvalue weighted by Gasteiger charge is -2.51. The van der Waals surface area contributed by atoms with Gasteiger partial charge < -0.3 is 9.47 Å². The van der Waals surface area contributed by atoms with Crippen molar-refractivity contribution in [3.63, 3.8) is 0 Å². The number of fused-ring (bicyclic) bond motifs is 2. The van der Waals surface area contributed by atoms with E-state index in [1.54, 1.807) is 22.4 Å². The van der Waals surface area contributed by atoms with E-state index in [0.717, 1.165) is 42.7 Å². The number of piperazine rings is 1. The van der Waals surface area contributed by atoms with Gasteiger partial charge in [-0.25, -0.2) is 0 Å². The third-order valence-corrected chi connectivity index (χ3v) is 7.90. The van der Waals surface area contributed by atoms with E-state index >= 15 is 0 Å². The fraction of sp³-hybridized carbons (Fsp3) is 0.519. The Labute approximate surface area is 201 Å². The lowest BCUT2D eigenvalue weighted by atomic mass is 9.85. The molecule has 3 aromatic rings. The van der Waals surface area contributed by atoms with E-state index in [0.29, 0.717) is 18.1 Å². The number of nitriles is 1. The van der Waals surface area contributed by atoms with Gasteiger partial charge in [-0.15, -0.1) is 0 Å². The molecule has 2 aromatic heterocycles. The summed E-state index contributed by atoms with van der Waals surface area (Å²) < 4.78 is 3.27. The number of benzene rings is 1. The van der Waals surface area contributed by atoms with E-state index in [2.05, 4.69) is 54.0 Å². The lowest BCUT2D eigenvalue weighted by Crippen LogP contribution is -2.59. The molecule has 1 aromatic carbocycles. The van der Waals surface area contributed by atoms with Crippen LogP contribution in [-0.2, 0) is 20.0 Å². The zero-order valence-corrected chi connectivity index (χ0v) is 20.4. The minimum atomic E-state index is -0.0365. The van der Waals surface area contributed by atoms with Gasteiger partial charge in [0.05, 0.1) is 23.5 Å². The zero-order valence-electron chi connectivity index (χ0n) is 20.4. The number of anilines is 1. The minimum absolute atomic E-state index is 0.0365. The highest BCUT2D eigenvalue weighted by atomic mass is 16.1. The molecule has 0 unspecified atom stereocenters. The van der Waals surface area contributed by atoms with Crippen LogP contribution in [0.5, 0.6) is 0 Å². The molecule has 1 aliphatic heterocycles. The van der Waals surface area contributed by atoms with Crippen LogP contribution in [0.2, 0.25) is 0 Å². The number of rotatable bonds is 5. The predicted octanol–water partition coefficient (Wildman–Crippen LogP) is 4.02. The first-order chi connectivity index (χ1) is 16.5. The molecule has 0 N–H and O–H groups in total. The van der Waals surface area contributed by atoms with Gasteiger partial charge in [0, 0.05) is 44.3 Å². The maximum atomic E-state index is 12.9. The van der Waals surface area contributed by atoms with Gasteiger partial charge in [0.1, 0.15) is 12.1 Å². The van der Waals surface area contributed by atoms with Gasteiger partial charge in [-0.1, -0.05) is 38.1 Å². The van der Waals surface area contributed by atoms with E-state index < -0.39 is 0 Å². The Morgan fingerprint density at radius 2 is 1.94 bits per heavy atom. The van der Waals surface area contributed by atoms with Crippen LogP contribution < -0.4 is 10.5 Å². The normalized spacial score (nSPS) is 23.1. The van der Waals surface area contributed by atoms with E-state index in [4.69, 9.17) is 10.4 Å². The summed E-state index contributed by atoms with van der Waals surface area (Å²) in [6.07, 6.45) is 7.49. The number of aromatic nitrogens is 3. The van der Waals surface area contributed by atoms with Crippen molar-refractivity contribution >= 4 is 16.7 Å². The maximum Gasteiger partial charge on any atom is 0.252 e. The van der Waals surface area contributed by atoms with Gasteiger partial charge in [0.15, 0.2) is 0 Å². The molecule has 0 spiro atoms. The van der Waals surface area contributed by atoms with Crippen molar-refractivity contribution in [3.8, 4) is 6.07 Å². The summed E-state index contributed by atoms with van der Waals surface area (Å²) in [7, 11) is 1.78. The van der Waals surface area contributed by atoms with Gasteiger partial charge in [-0.3, -0.25) is 14.4 Å². The zero-order chi connectivity index (χ0) is 23.8. The second-order valence-corrected chi connectivity index (χ2v) is 9.73. The van der Waals surface area contributed by atoms with E-state index in [1.807, 2.05) is 6.20 Å². The molecule has 0 saturated carbocycles. The molecule has 7 heteroatoms. The van der Waals surface area contributed by atoms with Gasteiger partial charge in [0.25, 0.3) is 5.56 Å². The number of nitrogens with zero attached hydrogens (tertiary/aromatic N) is 6. The van der Waals surface area contributed by atoms with Gasteiger partial charge >= 0.3 is 0 Å². The molecule has 2 aliphatic rings. The monoisotopic (exact) mass is 458 g/mol. The molecular formula is C27H34N6O. The van der Waals surface area contributed by atoms with Crippen LogP contribution in [-0.4, -0.2) is 44.4 Å². The number of hydrogen-bond acceptors (Lipinski definition) is 5. The van der Waals surface area contributed by atoms with E-state index in [9.17, 15) is 4.79 Å². The van der Waals surface area contributed by atoms with Gasteiger partial charge in [0.2, 0.25) is 0 Å². The van der Waals surface area contributed by atoms with E-state index in [1.165, 1.54) is 30.4 Å². The smallest absolute Gasteiger partial charge is 0.252 e. The molecule has 1 aliphatic carbocycles. The third kappa shape index (κ3) is 3.80. The Kier molecular flexibility index (Phi) is 6.18. The summed E-state index contributed by atoms with van der Waals surface area (Å²) in [5.74, 6) is 0. The van der Waals surface area contributed by atoms with Crippen molar-refractivity contribution in [3.05, 3.63) is 58.0 Å². The molecule has 3 atom stereocenters. The fourth-order valence-electron chi connectivity index (χ4n) is 6.05. The molecule has 1 saturated heterocycles. The number of aryl methyl sites for hydroxylation is 2. The summed E-state index contributed by atoms with van der Waals surface area (Å²) in [5, 5.41) is 13.9. The van der Waals surface area contributed by atoms with Crippen molar-refractivity contribution in [2.24, 2.45) is 7.05 Å². The molecule has 1 fully saturated rings. The SMILES string of the molecule is CC[C@H]1CN([C@H]2CCCc3ccccc32)[C@H](CC)CN1c1cc(=O)n(C)c2cn(CC#N)nc12. The van der Waals surface area contributed by atoms with Crippen molar-refractivity contribution < 1.29 is 0 Å². The Morgan fingerprint density at radius 3 is 2.71 bits per heavy atom. The molecular weight excluding hydrogens is 424 g/mol. The minimum Gasteiger partial charge on any atom is -0.364 e. The molecule has 178 valence electrons. The molecule has 34 heavy (non-hydrogen) atoms. The summed E-state index contributed by atoms with van der Waals surface area (Å²) in [5.41, 5.74) is 5.46. The Morgan fingerprint density at radius 1 is 1.15 bits per heavy atom. The van der Waals surface area contributed by atoms with Crippen molar-refractivity contribution in [2.45, 2.75) is 70.6 Å². The summed E-state index contributed by atoms with van der Waals surface area (Å²) in [6, 6.07) is 14.0. The number of pyridine rings is 1. The Hall–Kier alpha value is -3.11. The maximum absolute atomic E-state index is 12.9. The van der Waals surface area contributed by atoms with Crippen molar-refractivity contribution in [1.29, 1.82) is 5.26 Å². The topological polar surface area (TPSA) is 70.1 Å². The largest absolute Gasteiger partial charge is 0.364 e. The Balaban J connectivity index is 1.54. The first-order valence-corrected chi connectivity index (χ1v) is 12.6. The first-order valence-electron chi connectivity index (χ1n) is 12.6. The first kappa shape index (κ1) is 22.7. The molecule has 3 heterocycles. The quantitative estimate of drug-likeness (QED) is 0.578. The average molecular weight is 459 g/mol. The second-order valence-electron chi connectivity index (χ2n) is 9.73. The molecule has 0 radical (unpaired) electrons. The van der Waals surface area contributed by atoms with Crippen LogP contribution in [0.1, 0.15) is 56.7 Å². The highest BCUT2D eigenvalue weighted by Gasteiger charge is 2.38. The summed E-state index contributed by atoms with van der Waals surface area (Å²) in [4.78, 5) is 18.1. The van der Waals surface area contributed by atoms with Crippen LogP contribution in [0.15, 0.2) is 41.3 Å². The van der Waals surface area contributed by atoms with Crippen LogP contribution in [0.3, 0.4) is 0 Å². The molecule has 0 amide bonds. The standard InChI is InChI=1S/C27H34N6O/c1-4-20-17-33(24-15-26(34)30(3)25-18-31(14-13-28)29-27(24)25)21(5-2)16-32(20)23-12-8-10-19-9-6-7-11-22(19)23/h6-7,9,11,15,18,20-21,23H,4-5,8,10,12,14,16-17H2,1-3H3/t20-,21+,23+/m1/s1. The molecule has 5 rings (SSSR count). The lowest BCUT2D eigenvalue weighted by molar-refractivity contribution is 0.0827. The van der Waals surface area contributed by atoms with Gasteiger partial charge in [-0.2, -0.15) is 10.4 Å². The summed E-state index contributed by atoms with van der Waals surface area (Å²) in [6.45, 7) is 6.54. The average Bonchev–Trinajstić information content (AvgIpc) is 3.29. The van der Waals surface area contributed by atoms with E-state index in [-0.39, 0.29) is 12.1 Å². The number of hydrogen-bond donors (Lipinski definition) is 0. The van der Waals surface area contributed by atoms with Crippen molar-refractivity contribution in [1.82, 2.24) is 19.2 Å². The van der Waals surface area contributed by atoms with Crippen LogP contribution >= 0.6 is 0 Å². The molecule has 0 bridgehead atoms. The van der Waals surface area contributed by atoms with Crippen molar-refractivity contribution in [2.75, 3.05) is 18.0 Å². The second kappa shape index (κ2) is 9.27. The van der Waals surface area contributed by atoms with Crippen LogP contribution in [0.4, 0.5) is 5.69 Å². The van der Waals surface area contributed by atoms with Crippen LogP contribution in [0.25, 0.3) is 11.0 Å². The highest BCUT2D eigenvalue weighted by Crippen LogP contribution is 2.39. The third-order valence-electron chi connectivity index (χ3n) is 7.90. The van der Waals surface area contributed by atoms with Gasteiger partial charge in [-0.05, 0) is 43.2 Å². The summed E-state index contributed by atoms with van der Waals surface area (Å²) >= 11 is 0. The van der Waals surface area contributed by atoms with Crippen LogP contribution in [0, 0.1) is 11.3 Å².